The maximum Gasteiger partial charge on any atom is 0.0564 e. The predicted molar refractivity (Wildman–Crippen MR) is 75.3 cm³/mol. The quantitative estimate of drug-likeness (QED) is 0.722. The first-order valence-electron chi connectivity index (χ1n) is 6.19. The lowest BCUT2D eigenvalue weighted by Gasteiger charge is -2.12. The van der Waals surface area contributed by atoms with Crippen LogP contribution in [0.4, 0.5) is 0 Å². The van der Waals surface area contributed by atoms with E-state index in [2.05, 4.69) is 65.3 Å². The highest BCUT2D eigenvalue weighted by atomic mass is 15.4. The molecule has 3 nitrogen and oxygen atoms in total. The van der Waals surface area contributed by atoms with Crippen LogP contribution in [0.3, 0.4) is 0 Å². The zero-order valence-electron chi connectivity index (χ0n) is 10.7. The topological polar surface area (TPSA) is 32.8 Å². The molecule has 2 N–H and O–H groups in total. The standard InChI is InChI=1S/C15H17N3/c1-11-3-4-12(2)18(11)17-10-13-5-6-15-14(9-13)7-8-16-15/h3-9,16-17H,10H2,1-2H3. The first-order chi connectivity index (χ1) is 8.74. The van der Waals surface area contributed by atoms with Crippen molar-refractivity contribution in [3.8, 4) is 0 Å². The van der Waals surface area contributed by atoms with Gasteiger partial charge < -0.3 is 10.4 Å². The summed E-state index contributed by atoms with van der Waals surface area (Å²) >= 11 is 0. The molecule has 0 radical (unpaired) electrons. The van der Waals surface area contributed by atoms with Gasteiger partial charge in [-0.25, -0.2) is 0 Å². The average Bonchev–Trinajstić information content (AvgIpc) is 2.94. The molecule has 0 aliphatic heterocycles. The molecule has 0 fully saturated rings. The molecular weight excluding hydrogens is 222 g/mol. The third-order valence-corrected chi connectivity index (χ3v) is 3.33. The van der Waals surface area contributed by atoms with E-state index in [0.717, 1.165) is 6.54 Å². The van der Waals surface area contributed by atoms with Crippen LogP contribution < -0.4 is 5.43 Å². The lowest BCUT2D eigenvalue weighted by molar-refractivity contribution is 0.792. The van der Waals surface area contributed by atoms with E-state index in [0.29, 0.717) is 0 Å². The highest BCUT2D eigenvalue weighted by Crippen LogP contribution is 2.14. The van der Waals surface area contributed by atoms with Crippen molar-refractivity contribution in [1.29, 1.82) is 0 Å². The van der Waals surface area contributed by atoms with Crippen molar-refractivity contribution in [2.45, 2.75) is 20.4 Å². The van der Waals surface area contributed by atoms with E-state index in [1.165, 1.54) is 27.9 Å². The molecule has 2 heterocycles. The SMILES string of the molecule is Cc1ccc(C)n1NCc1ccc2[nH]ccc2c1. The van der Waals surface area contributed by atoms with Crippen molar-refractivity contribution in [3.63, 3.8) is 0 Å². The third kappa shape index (κ3) is 1.88. The number of nitrogens with one attached hydrogen (secondary N) is 2. The van der Waals surface area contributed by atoms with Crippen molar-refractivity contribution in [2.75, 3.05) is 5.43 Å². The monoisotopic (exact) mass is 239 g/mol. The molecule has 0 bridgehead atoms. The van der Waals surface area contributed by atoms with Gasteiger partial charge in [-0.15, -0.1) is 0 Å². The van der Waals surface area contributed by atoms with Crippen molar-refractivity contribution in [3.05, 3.63) is 59.5 Å². The minimum absolute atomic E-state index is 0.831. The van der Waals surface area contributed by atoms with Crippen LogP contribution in [0.5, 0.6) is 0 Å². The molecule has 18 heavy (non-hydrogen) atoms. The normalized spacial score (nSPS) is 11.0. The molecule has 0 aliphatic carbocycles. The Balaban J connectivity index is 1.80. The second kappa shape index (κ2) is 4.26. The van der Waals surface area contributed by atoms with Crippen molar-refractivity contribution >= 4 is 10.9 Å². The summed E-state index contributed by atoms with van der Waals surface area (Å²) in [5.74, 6) is 0. The zero-order valence-corrected chi connectivity index (χ0v) is 10.7. The molecule has 3 heteroatoms. The number of nitrogens with zero attached hydrogens (tertiary/aromatic N) is 1. The van der Waals surface area contributed by atoms with Gasteiger partial charge in [0.25, 0.3) is 0 Å². The molecule has 1 aromatic carbocycles. The summed E-state index contributed by atoms with van der Waals surface area (Å²) < 4.78 is 2.13. The fourth-order valence-corrected chi connectivity index (χ4v) is 2.30. The number of aromatic amines is 1. The summed E-state index contributed by atoms with van der Waals surface area (Å²) in [7, 11) is 0. The van der Waals surface area contributed by atoms with Gasteiger partial charge in [0.1, 0.15) is 0 Å². The molecule has 3 rings (SSSR count). The maximum absolute atomic E-state index is 3.44. The average molecular weight is 239 g/mol. The Bertz CT molecular complexity index is 656. The first kappa shape index (κ1) is 11.0. The summed E-state index contributed by atoms with van der Waals surface area (Å²) in [6.45, 7) is 5.04. The highest BCUT2D eigenvalue weighted by molar-refractivity contribution is 5.79. The Kier molecular flexibility index (Phi) is 2.59. The van der Waals surface area contributed by atoms with Gasteiger partial charge in [0, 0.05) is 23.1 Å². The number of hydrogen-bond donors (Lipinski definition) is 2. The molecule has 92 valence electrons. The number of hydrogen-bond acceptors (Lipinski definition) is 1. The van der Waals surface area contributed by atoms with Crippen LogP contribution in [-0.4, -0.2) is 9.66 Å². The number of rotatable bonds is 3. The van der Waals surface area contributed by atoms with Gasteiger partial charge in [-0.3, -0.25) is 4.68 Å². The van der Waals surface area contributed by atoms with E-state index in [-0.39, 0.29) is 0 Å². The summed E-state index contributed by atoms with van der Waals surface area (Å²) in [5.41, 5.74) is 8.38. The van der Waals surface area contributed by atoms with Crippen LogP contribution >= 0.6 is 0 Å². The van der Waals surface area contributed by atoms with Crippen LogP contribution in [0.15, 0.2) is 42.6 Å². The molecule has 0 atom stereocenters. The van der Waals surface area contributed by atoms with Crippen molar-refractivity contribution in [1.82, 2.24) is 9.66 Å². The fourth-order valence-electron chi connectivity index (χ4n) is 2.30. The first-order valence-corrected chi connectivity index (χ1v) is 6.19. The van der Waals surface area contributed by atoms with Crippen LogP contribution in [0.25, 0.3) is 10.9 Å². The number of H-pyrrole nitrogens is 1. The Hall–Kier alpha value is -2.16. The van der Waals surface area contributed by atoms with E-state index in [9.17, 15) is 0 Å². The van der Waals surface area contributed by atoms with Crippen molar-refractivity contribution < 1.29 is 0 Å². The zero-order chi connectivity index (χ0) is 12.5. The third-order valence-electron chi connectivity index (χ3n) is 3.33. The minimum Gasteiger partial charge on any atom is -0.361 e. The summed E-state index contributed by atoms with van der Waals surface area (Å²) in [5, 5.41) is 1.26. The van der Waals surface area contributed by atoms with Gasteiger partial charge in [-0.05, 0) is 55.1 Å². The summed E-state index contributed by atoms with van der Waals surface area (Å²) in [6, 6.07) is 12.8. The number of aromatic nitrogens is 2. The second-order valence-electron chi connectivity index (χ2n) is 4.69. The smallest absolute Gasteiger partial charge is 0.0564 e. The van der Waals surface area contributed by atoms with E-state index in [1.807, 2.05) is 6.20 Å². The molecule has 2 aromatic heterocycles. The van der Waals surface area contributed by atoms with Crippen LogP contribution in [0, 0.1) is 13.8 Å². The Labute approximate surface area is 106 Å². The number of fused-ring (bicyclic) bond motifs is 1. The molecule has 0 amide bonds. The summed E-state index contributed by atoms with van der Waals surface area (Å²) in [6.07, 6.45) is 1.97. The molecule has 0 saturated heterocycles. The van der Waals surface area contributed by atoms with Crippen LogP contribution in [-0.2, 0) is 6.54 Å². The van der Waals surface area contributed by atoms with E-state index in [4.69, 9.17) is 0 Å². The number of aryl methyl sites for hydroxylation is 2. The Morgan fingerprint density at radius 2 is 1.83 bits per heavy atom. The predicted octanol–water partition coefficient (Wildman–Crippen LogP) is 3.33. The minimum atomic E-state index is 0.831. The highest BCUT2D eigenvalue weighted by Gasteiger charge is 2.01. The van der Waals surface area contributed by atoms with Gasteiger partial charge in [-0.2, -0.15) is 0 Å². The lowest BCUT2D eigenvalue weighted by atomic mass is 10.1. The molecule has 0 unspecified atom stereocenters. The van der Waals surface area contributed by atoms with E-state index < -0.39 is 0 Å². The largest absolute Gasteiger partial charge is 0.361 e. The number of benzene rings is 1. The molecule has 3 aromatic rings. The molecule has 0 aliphatic rings. The van der Waals surface area contributed by atoms with Gasteiger partial charge in [-0.1, -0.05) is 6.07 Å². The lowest BCUT2D eigenvalue weighted by Crippen LogP contribution is -2.16. The molecular formula is C15H17N3. The van der Waals surface area contributed by atoms with Crippen LogP contribution in [0.2, 0.25) is 0 Å². The summed E-state index contributed by atoms with van der Waals surface area (Å²) in [4.78, 5) is 3.21. The van der Waals surface area contributed by atoms with Gasteiger partial charge in [0.2, 0.25) is 0 Å². The van der Waals surface area contributed by atoms with E-state index >= 15 is 0 Å². The van der Waals surface area contributed by atoms with E-state index in [1.54, 1.807) is 0 Å². The van der Waals surface area contributed by atoms with Crippen molar-refractivity contribution in [2.24, 2.45) is 0 Å². The Morgan fingerprint density at radius 3 is 2.61 bits per heavy atom. The van der Waals surface area contributed by atoms with Gasteiger partial charge >= 0.3 is 0 Å². The molecule has 0 spiro atoms. The van der Waals surface area contributed by atoms with Gasteiger partial charge in [0.15, 0.2) is 0 Å². The van der Waals surface area contributed by atoms with Gasteiger partial charge in [0.05, 0.1) is 6.54 Å². The second-order valence-corrected chi connectivity index (χ2v) is 4.69. The Morgan fingerprint density at radius 1 is 1.06 bits per heavy atom. The van der Waals surface area contributed by atoms with Crippen LogP contribution in [0.1, 0.15) is 17.0 Å². The fraction of sp³-hybridized carbons (Fsp3) is 0.200. The molecule has 0 saturated carbocycles. The maximum atomic E-state index is 3.44.